The van der Waals surface area contributed by atoms with Crippen molar-refractivity contribution in [1.82, 2.24) is 4.98 Å². The number of thiazole rings is 1. The van der Waals surface area contributed by atoms with Crippen LogP contribution in [-0.4, -0.2) is 4.98 Å². The summed E-state index contributed by atoms with van der Waals surface area (Å²) in [7, 11) is 0. The zero-order chi connectivity index (χ0) is 10.1. The second kappa shape index (κ2) is 3.96. The van der Waals surface area contributed by atoms with Crippen molar-refractivity contribution in [3.05, 3.63) is 38.3 Å². The molecule has 0 aliphatic rings. The van der Waals surface area contributed by atoms with Gasteiger partial charge < -0.3 is 0 Å². The average Bonchev–Trinajstić information content (AvgIpc) is 2.57. The highest BCUT2D eigenvalue weighted by Crippen LogP contribution is 2.29. The summed E-state index contributed by atoms with van der Waals surface area (Å²) in [6.45, 7) is 0. The summed E-state index contributed by atoms with van der Waals surface area (Å²) in [5.41, 5.74) is 1.03. The van der Waals surface area contributed by atoms with Gasteiger partial charge in [0.25, 0.3) is 0 Å². The Kier molecular flexibility index (Phi) is 2.85. The lowest BCUT2D eigenvalue weighted by Crippen LogP contribution is -1.84. The molecule has 0 atom stereocenters. The van der Waals surface area contributed by atoms with Gasteiger partial charge in [-0.3, -0.25) is 0 Å². The number of halogens is 3. The molecule has 14 heavy (non-hydrogen) atoms. The molecular formula is C9H4BrClFNS. The van der Waals surface area contributed by atoms with Gasteiger partial charge in [0.2, 0.25) is 0 Å². The van der Waals surface area contributed by atoms with Crippen molar-refractivity contribution in [2.75, 3.05) is 0 Å². The van der Waals surface area contributed by atoms with Crippen LogP contribution in [-0.2, 0) is 0 Å². The standard InChI is InChI=1S/C9H4BrClFNS/c10-9-13-7(4-14-9)5-2-1-3-6(11)8(5)12/h1-4H. The minimum Gasteiger partial charge on any atom is -0.229 e. The Bertz CT molecular complexity index is 472. The third kappa shape index (κ3) is 1.82. The van der Waals surface area contributed by atoms with Gasteiger partial charge >= 0.3 is 0 Å². The van der Waals surface area contributed by atoms with E-state index >= 15 is 0 Å². The summed E-state index contributed by atoms with van der Waals surface area (Å²) in [4.78, 5) is 4.12. The molecule has 1 aromatic carbocycles. The molecule has 0 bridgehead atoms. The lowest BCUT2D eigenvalue weighted by molar-refractivity contribution is 0.631. The van der Waals surface area contributed by atoms with Gasteiger partial charge in [-0.1, -0.05) is 17.7 Å². The van der Waals surface area contributed by atoms with Crippen LogP contribution in [0.2, 0.25) is 5.02 Å². The largest absolute Gasteiger partial charge is 0.229 e. The van der Waals surface area contributed by atoms with Crippen molar-refractivity contribution in [3.8, 4) is 11.3 Å². The molecule has 0 unspecified atom stereocenters. The molecule has 0 N–H and O–H groups in total. The van der Waals surface area contributed by atoms with Crippen molar-refractivity contribution in [2.45, 2.75) is 0 Å². The van der Waals surface area contributed by atoms with Gasteiger partial charge in [-0.25, -0.2) is 9.37 Å². The summed E-state index contributed by atoms with van der Waals surface area (Å²) in [6, 6.07) is 4.87. The highest BCUT2D eigenvalue weighted by atomic mass is 79.9. The van der Waals surface area contributed by atoms with E-state index in [-0.39, 0.29) is 5.02 Å². The van der Waals surface area contributed by atoms with Crippen LogP contribution in [0.25, 0.3) is 11.3 Å². The van der Waals surface area contributed by atoms with E-state index in [9.17, 15) is 4.39 Å². The second-order valence-electron chi connectivity index (χ2n) is 2.59. The molecule has 0 radical (unpaired) electrons. The fraction of sp³-hybridized carbons (Fsp3) is 0. The summed E-state index contributed by atoms with van der Waals surface area (Å²) < 4.78 is 14.2. The number of nitrogens with zero attached hydrogens (tertiary/aromatic N) is 1. The number of hydrogen-bond acceptors (Lipinski definition) is 2. The molecular weight excluding hydrogens is 289 g/mol. The third-order valence-corrected chi connectivity index (χ3v) is 3.36. The van der Waals surface area contributed by atoms with Crippen LogP contribution in [0, 0.1) is 5.82 Å². The normalized spacial score (nSPS) is 10.5. The van der Waals surface area contributed by atoms with E-state index in [2.05, 4.69) is 20.9 Å². The van der Waals surface area contributed by atoms with Gasteiger partial charge in [-0.15, -0.1) is 11.3 Å². The van der Waals surface area contributed by atoms with Crippen LogP contribution < -0.4 is 0 Å². The van der Waals surface area contributed by atoms with Crippen LogP contribution in [0.4, 0.5) is 4.39 Å². The second-order valence-corrected chi connectivity index (χ2v) is 5.13. The van der Waals surface area contributed by atoms with Crippen molar-refractivity contribution >= 4 is 38.9 Å². The van der Waals surface area contributed by atoms with Crippen LogP contribution in [0.3, 0.4) is 0 Å². The molecule has 0 aliphatic carbocycles. The smallest absolute Gasteiger partial charge is 0.159 e. The molecule has 1 nitrogen and oxygen atoms in total. The first-order valence-corrected chi connectivity index (χ1v) is 5.79. The summed E-state index contributed by atoms with van der Waals surface area (Å²) in [5, 5.41) is 1.89. The molecule has 72 valence electrons. The van der Waals surface area contributed by atoms with Gasteiger partial charge in [0.15, 0.2) is 9.73 Å². The van der Waals surface area contributed by atoms with Crippen molar-refractivity contribution in [3.63, 3.8) is 0 Å². The summed E-state index contributed by atoms with van der Waals surface area (Å²) in [5.74, 6) is -0.424. The first-order chi connectivity index (χ1) is 6.68. The first kappa shape index (κ1) is 10.1. The van der Waals surface area contributed by atoms with Crippen LogP contribution in [0.5, 0.6) is 0 Å². The van der Waals surface area contributed by atoms with Crippen LogP contribution in [0.15, 0.2) is 27.5 Å². The minimum absolute atomic E-state index is 0.117. The van der Waals surface area contributed by atoms with E-state index in [1.54, 1.807) is 17.5 Å². The topological polar surface area (TPSA) is 12.9 Å². The maximum Gasteiger partial charge on any atom is 0.159 e. The molecule has 1 aromatic heterocycles. The van der Waals surface area contributed by atoms with Gasteiger partial charge in [0.1, 0.15) is 0 Å². The van der Waals surface area contributed by atoms with Gasteiger partial charge in [-0.05, 0) is 28.1 Å². The summed E-state index contributed by atoms with van der Waals surface area (Å²) in [6.07, 6.45) is 0. The minimum atomic E-state index is -0.424. The van der Waals surface area contributed by atoms with Crippen LogP contribution >= 0.6 is 38.9 Å². The quantitative estimate of drug-likeness (QED) is 0.761. The third-order valence-electron chi connectivity index (χ3n) is 1.70. The van der Waals surface area contributed by atoms with Gasteiger partial charge in [0, 0.05) is 10.9 Å². The predicted molar refractivity (Wildman–Crippen MR) is 60.2 cm³/mol. The van der Waals surface area contributed by atoms with E-state index in [1.807, 2.05) is 0 Å². The van der Waals surface area contributed by atoms with Crippen LogP contribution in [0.1, 0.15) is 0 Å². The zero-order valence-corrected chi connectivity index (χ0v) is 9.96. The van der Waals surface area contributed by atoms with Gasteiger partial charge in [0.05, 0.1) is 10.7 Å². The number of aromatic nitrogens is 1. The monoisotopic (exact) mass is 291 g/mol. The average molecular weight is 293 g/mol. The Balaban J connectivity index is 2.57. The molecule has 2 rings (SSSR count). The zero-order valence-electron chi connectivity index (χ0n) is 6.80. The lowest BCUT2D eigenvalue weighted by Gasteiger charge is -1.99. The Morgan fingerprint density at radius 2 is 2.21 bits per heavy atom. The Morgan fingerprint density at radius 1 is 1.43 bits per heavy atom. The van der Waals surface area contributed by atoms with E-state index in [4.69, 9.17) is 11.6 Å². The molecule has 0 aliphatic heterocycles. The Labute approximate surface area is 97.7 Å². The highest BCUT2D eigenvalue weighted by molar-refractivity contribution is 9.11. The molecule has 0 spiro atoms. The number of benzene rings is 1. The van der Waals surface area contributed by atoms with E-state index < -0.39 is 5.82 Å². The SMILES string of the molecule is Fc1c(Cl)cccc1-c1csc(Br)n1. The molecule has 5 heteroatoms. The fourth-order valence-corrected chi connectivity index (χ4v) is 2.26. The van der Waals surface area contributed by atoms with Crippen molar-refractivity contribution in [1.29, 1.82) is 0 Å². The van der Waals surface area contributed by atoms with E-state index in [1.165, 1.54) is 17.4 Å². The molecule has 0 saturated heterocycles. The maximum absolute atomic E-state index is 13.5. The lowest BCUT2D eigenvalue weighted by atomic mass is 10.1. The Hall–Kier alpha value is -0.450. The molecule has 0 amide bonds. The molecule has 2 aromatic rings. The van der Waals surface area contributed by atoms with E-state index in [0.717, 1.165) is 3.92 Å². The Morgan fingerprint density at radius 3 is 2.86 bits per heavy atom. The van der Waals surface area contributed by atoms with Crippen molar-refractivity contribution < 1.29 is 4.39 Å². The highest BCUT2D eigenvalue weighted by Gasteiger charge is 2.10. The number of hydrogen-bond donors (Lipinski definition) is 0. The molecule has 1 heterocycles. The summed E-state index contributed by atoms with van der Waals surface area (Å²) >= 11 is 10.3. The van der Waals surface area contributed by atoms with Crippen molar-refractivity contribution in [2.24, 2.45) is 0 Å². The van der Waals surface area contributed by atoms with Gasteiger partial charge in [-0.2, -0.15) is 0 Å². The number of rotatable bonds is 1. The predicted octanol–water partition coefficient (Wildman–Crippen LogP) is 4.37. The molecule has 0 saturated carbocycles. The first-order valence-electron chi connectivity index (χ1n) is 3.74. The molecule has 0 fully saturated rings. The maximum atomic E-state index is 13.5. The van der Waals surface area contributed by atoms with E-state index in [0.29, 0.717) is 11.3 Å². The fourth-order valence-electron chi connectivity index (χ4n) is 1.08.